The van der Waals surface area contributed by atoms with Gasteiger partial charge in [0.15, 0.2) is 5.13 Å². The van der Waals surface area contributed by atoms with Gasteiger partial charge in [0.05, 0.1) is 78.8 Å². The topological polar surface area (TPSA) is 124 Å². The first-order valence-electron chi connectivity index (χ1n) is 15.0. The minimum absolute atomic E-state index is 0.0368. The minimum atomic E-state index is -3.07. The number of nitrogens with one attached hydrogen (secondary N) is 2. The highest BCUT2D eigenvalue weighted by Gasteiger charge is 2.60. The smallest absolute Gasteiger partial charge is 0.287 e. The van der Waals surface area contributed by atoms with Crippen molar-refractivity contribution in [1.29, 1.82) is 0 Å². The lowest BCUT2D eigenvalue weighted by Gasteiger charge is -2.54. The number of halogens is 2. The summed E-state index contributed by atoms with van der Waals surface area (Å²) in [5.74, 6) is -0.422. The Hall–Kier alpha value is -3.19. The number of hydrogen-bond acceptors (Lipinski definition) is 10. The normalized spacial score (nSPS) is 27.2. The second-order valence-electron chi connectivity index (χ2n) is 12.1. The van der Waals surface area contributed by atoms with Crippen LogP contribution in [0.25, 0.3) is 10.2 Å². The molecule has 15 heteroatoms. The number of thiazole rings is 1. The molecule has 4 bridgehead atoms. The van der Waals surface area contributed by atoms with E-state index in [2.05, 4.69) is 20.5 Å². The van der Waals surface area contributed by atoms with Gasteiger partial charge in [0.2, 0.25) is 5.88 Å². The van der Waals surface area contributed by atoms with Crippen LogP contribution in [0.1, 0.15) is 59.7 Å². The molecule has 45 heavy (non-hydrogen) atoms. The van der Waals surface area contributed by atoms with Crippen molar-refractivity contribution in [3.63, 3.8) is 0 Å². The van der Waals surface area contributed by atoms with Gasteiger partial charge in [-0.2, -0.15) is 8.78 Å². The molecule has 240 valence electrons. The summed E-state index contributed by atoms with van der Waals surface area (Å²) >= 11 is 1.43. The average Bonchev–Trinajstić information content (AvgIpc) is 3.44. The lowest BCUT2D eigenvalue weighted by atomic mass is 9.71. The molecular weight excluding hydrogens is 627 g/mol. The van der Waals surface area contributed by atoms with Crippen LogP contribution in [0.2, 0.25) is 0 Å². The van der Waals surface area contributed by atoms with Gasteiger partial charge in [-0.1, -0.05) is 20.6 Å². The maximum Gasteiger partial charge on any atom is 0.287 e. The number of amides is 2. The Balaban J connectivity index is 1.17. The predicted molar refractivity (Wildman–Crippen MR) is 167 cm³/mol. The van der Waals surface area contributed by atoms with E-state index < -0.39 is 28.6 Å². The molecular formula is C30H34F2N5O6PS. The van der Waals surface area contributed by atoms with Crippen molar-refractivity contribution >= 4 is 53.4 Å². The SMILES string of the molecule is CCOc1ccc2nc(N3C4COCC3C4)sc2c1C(=O)Nc1cnc(OC)cc1C(=O)NC12CCC(C(F)(F)P)(CC1)OC2. The third kappa shape index (κ3) is 5.19. The molecule has 2 N–H and O–H groups in total. The minimum Gasteiger partial charge on any atom is -0.493 e. The first-order valence-corrected chi connectivity index (χ1v) is 16.4. The maximum absolute atomic E-state index is 14.3. The molecule has 1 aromatic carbocycles. The number of hydrogen-bond donors (Lipinski definition) is 2. The zero-order valence-corrected chi connectivity index (χ0v) is 26.8. The largest absolute Gasteiger partial charge is 0.493 e. The number of aromatic nitrogens is 2. The van der Waals surface area contributed by atoms with E-state index in [1.54, 1.807) is 15.3 Å². The molecule has 5 fully saturated rings. The predicted octanol–water partition coefficient (Wildman–Crippen LogP) is 4.61. The summed E-state index contributed by atoms with van der Waals surface area (Å²) in [6.07, 6.45) is 3.32. The molecule has 3 atom stereocenters. The second kappa shape index (κ2) is 11.3. The average molecular weight is 662 g/mol. The molecule has 2 amide bonds. The molecule has 5 aliphatic rings. The Morgan fingerprint density at radius 1 is 1.20 bits per heavy atom. The summed E-state index contributed by atoms with van der Waals surface area (Å²) in [7, 11) is 3.02. The summed E-state index contributed by atoms with van der Waals surface area (Å²) in [4.78, 5) is 39.1. The number of morpholine rings is 1. The third-order valence-electron chi connectivity index (χ3n) is 9.41. The van der Waals surface area contributed by atoms with Crippen LogP contribution < -0.4 is 25.0 Å². The number of ether oxygens (including phenoxy) is 4. The van der Waals surface area contributed by atoms with Crippen molar-refractivity contribution in [2.75, 3.05) is 43.8 Å². The molecule has 0 spiro atoms. The molecule has 3 unspecified atom stereocenters. The second-order valence-corrected chi connectivity index (χ2v) is 13.8. The molecule has 4 saturated heterocycles. The van der Waals surface area contributed by atoms with Crippen molar-refractivity contribution in [3.05, 3.63) is 35.5 Å². The number of carbonyl (C=O) groups is 2. The Kier molecular flexibility index (Phi) is 7.62. The molecule has 2 aromatic heterocycles. The van der Waals surface area contributed by atoms with Crippen molar-refractivity contribution in [3.8, 4) is 11.6 Å². The Bertz CT molecular complexity index is 1630. The van der Waals surface area contributed by atoms with Crippen LogP contribution in [-0.4, -0.2) is 84.2 Å². The number of methoxy groups -OCH3 is 1. The highest BCUT2D eigenvalue weighted by molar-refractivity contribution is 7.22. The lowest BCUT2D eigenvalue weighted by molar-refractivity contribution is -0.231. The third-order valence-corrected chi connectivity index (χ3v) is 11.0. The van der Waals surface area contributed by atoms with Crippen LogP contribution in [0.3, 0.4) is 0 Å². The molecule has 8 rings (SSSR count). The van der Waals surface area contributed by atoms with Crippen molar-refractivity contribution in [2.45, 2.75) is 67.9 Å². The fraction of sp³-hybridized carbons (Fsp3) is 0.533. The number of anilines is 2. The van der Waals surface area contributed by atoms with E-state index in [4.69, 9.17) is 23.9 Å². The fourth-order valence-electron chi connectivity index (χ4n) is 6.83. The summed E-state index contributed by atoms with van der Waals surface area (Å²) in [6.45, 7) is 3.45. The highest BCUT2D eigenvalue weighted by Crippen LogP contribution is 2.53. The summed E-state index contributed by atoms with van der Waals surface area (Å²) in [6, 6.07) is 5.55. The standard InChI is InChI=1S/C30H34F2N5O6PS/c1-3-42-21-5-4-19-24(45-27(35-19)37-16-10-17(37)14-41-13-16)23(21)26(39)34-20-12-33-22(40-2)11-18(20)25(38)36-28-6-8-29(9-7-28,43-15-28)30(31,32)44/h4-5,11-12,16-17H,3,6-10,13-15,44H2,1-2H3,(H,34,39)(H,36,38). The number of fused-ring (bicyclic) bond motifs is 6. The van der Waals surface area contributed by atoms with Gasteiger partial charge in [-0.15, -0.1) is 0 Å². The number of nitrogens with zero attached hydrogens (tertiary/aromatic N) is 3. The van der Waals surface area contributed by atoms with Gasteiger partial charge in [0, 0.05) is 6.07 Å². The number of alkyl halides is 2. The first-order chi connectivity index (χ1) is 21.6. The Morgan fingerprint density at radius 2 is 1.96 bits per heavy atom. The summed E-state index contributed by atoms with van der Waals surface area (Å²) < 4.78 is 51.7. The molecule has 0 radical (unpaired) electrons. The molecule has 3 aromatic rings. The van der Waals surface area contributed by atoms with E-state index in [9.17, 15) is 18.4 Å². The van der Waals surface area contributed by atoms with Crippen molar-refractivity contribution < 1.29 is 37.3 Å². The number of carbonyl (C=O) groups excluding carboxylic acids is 2. The van der Waals surface area contributed by atoms with Gasteiger partial charge < -0.3 is 34.5 Å². The molecule has 11 nitrogen and oxygen atoms in total. The lowest BCUT2D eigenvalue weighted by Crippen LogP contribution is -2.66. The summed E-state index contributed by atoms with van der Waals surface area (Å²) in [5, 5.41) is 6.72. The van der Waals surface area contributed by atoms with E-state index in [0.717, 1.165) is 11.6 Å². The van der Waals surface area contributed by atoms with Crippen LogP contribution in [-0.2, 0) is 9.47 Å². The van der Waals surface area contributed by atoms with Gasteiger partial charge in [0.1, 0.15) is 16.9 Å². The first kappa shape index (κ1) is 30.5. The van der Waals surface area contributed by atoms with Gasteiger partial charge in [-0.25, -0.2) is 9.97 Å². The van der Waals surface area contributed by atoms with Gasteiger partial charge >= 0.3 is 0 Å². The zero-order valence-electron chi connectivity index (χ0n) is 24.9. The van der Waals surface area contributed by atoms with E-state index in [1.165, 1.54) is 30.7 Å². The molecule has 6 heterocycles. The van der Waals surface area contributed by atoms with Crippen LogP contribution in [0.4, 0.5) is 19.6 Å². The van der Waals surface area contributed by atoms with Crippen LogP contribution in [0.15, 0.2) is 24.4 Å². The number of pyridine rings is 1. The van der Waals surface area contributed by atoms with Gasteiger partial charge in [-0.05, 0) is 51.2 Å². The maximum atomic E-state index is 14.3. The van der Waals surface area contributed by atoms with E-state index in [1.807, 2.05) is 13.0 Å². The van der Waals surface area contributed by atoms with Gasteiger partial charge in [0.25, 0.3) is 17.5 Å². The number of rotatable bonds is 9. The zero-order chi connectivity index (χ0) is 31.6. The fourth-order valence-corrected chi connectivity index (χ4v) is 8.45. The van der Waals surface area contributed by atoms with E-state index >= 15 is 0 Å². The Labute approximate surface area is 264 Å². The van der Waals surface area contributed by atoms with Gasteiger partial charge in [-0.3, -0.25) is 9.59 Å². The number of benzene rings is 1. The van der Waals surface area contributed by atoms with Crippen molar-refractivity contribution in [1.82, 2.24) is 15.3 Å². The molecule has 4 aliphatic heterocycles. The van der Waals surface area contributed by atoms with E-state index in [0.29, 0.717) is 54.2 Å². The Morgan fingerprint density at radius 3 is 2.58 bits per heavy atom. The highest BCUT2D eigenvalue weighted by atomic mass is 32.1. The summed E-state index contributed by atoms with van der Waals surface area (Å²) in [5.41, 5.74) is -4.16. The quantitative estimate of drug-likeness (QED) is 0.317. The van der Waals surface area contributed by atoms with Crippen LogP contribution in [0.5, 0.6) is 11.6 Å². The monoisotopic (exact) mass is 661 g/mol. The molecule has 1 aliphatic carbocycles. The van der Waals surface area contributed by atoms with Crippen LogP contribution in [0, 0.1) is 0 Å². The van der Waals surface area contributed by atoms with Crippen molar-refractivity contribution in [2.24, 2.45) is 0 Å². The van der Waals surface area contributed by atoms with E-state index in [-0.39, 0.29) is 48.7 Å². The van der Waals surface area contributed by atoms with Crippen LogP contribution >= 0.6 is 20.6 Å². The molecule has 1 saturated carbocycles.